The zero-order valence-corrected chi connectivity index (χ0v) is 19.2. The minimum Gasteiger partial charge on any atom is -0.493 e. The summed E-state index contributed by atoms with van der Waals surface area (Å²) < 4.78 is 11.4. The van der Waals surface area contributed by atoms with Gasteiger partial charge in [0.1, 0.15) is 6.61 Å². The number of carbonyl (C=O) groups excluding carboxylic acids is 1. The van der Waals surface area contributed by atoms with Gasteiger partial charge in [-0.05, 0) is 87.0 Å². The van der Waals surface area contributed by atoms with E-state index in [-0.39, 0.29) is 5.91 Å². The van der Waals surface area contributed by atoms with Gasteiger partial charge < -0.3 is 14.8 Å². The molecule has 0 atom stereocenters. The van der Waals surface area contributed by atoms with Gasteiger partial charge in [0.15, 0.2) is 11.5 Å². The maximum Gasteiger partial charge on any atom is 0.224 e. The summed E-state index contributed by atoms with van der Waals surface area (Å²) in [5, 5.41) is 3.03. The van der Waals surface area contributed by atoms with Crippen molar-refractivity contribution in [2.45, 2.75) is 46.0 Å². The van der Waals surface area contributed by atoms with Gasteiger partial charge in [-0.3, -0.25) is 9.69 Å². The molecule has 0 spiro atoms. The molecule has 1 fully saturated rings. The molecule has 1 N–H and O–H groups in total. The average Bonchev–Trinajstić information content (AvgIpc) is 3.28. The molecule has 1 amide bonds. The second-order valence-electron chi connectivity index (χ2n) is 8.43. The van der Waals surface area contributed by atoms with Crippen LogP contribution in [0, 0.1) is 13.8 Å². The highest BCUT2D eigenvalue weighted by molar-refractivity contribution is 5.78. The first-order valence-corrected chi connectivity index (χ1v) is 11.4. The smallest absolute Gasteiger partial charge is 0.224 e. The largest absolute Gasteiger partial charge is 0.493 e. The summed E-state index contributed by atoms with van der Waals surface area (Å²) in [4.78, 5) is 14.8. The highest BCUT2D eigenvalue weighted by Crippen LogP contribution is 2.28. The summed E-state index contributed by atoms with van der Waals surface area (Å²) in [6, 6.07) is 12.3. The zero-order chi connectivity index (χ0) is 22.1. The van der Waals surface area contributed by atoms with E-state index in [4.69, 9.17) is 9.47 Å². The maximum atomic E-state index is 12.3. The van der Waals surface area contributed by atoms with E-state index < -0.39 is 0 Å². The lowest BCUT2D eigenvalue weighted by atomic mass is 10.0. The minimum absolute atomic E-state index is 0.0323. The molecule has 0 aliphatic carbocycles. The SMILES string of the molecule is COc1cc(CC(=O)NCCCc2ccc(C)c(C)c2)ccc1OCCN1CCCC1. The third kappa shape index (κ3) is 7.28. The lowest BCUT2D eigenvalue weighted by Gasteiger charge is -2.16. The first-order chi connectivity index (χ1) is 15.0. The van der Waals surface area contributed by atoms with Crippen molar-refractivity contribution in [1.82, 2.24) is 10.2 Å². The number of amides is 1. The van der Waals surface area contributed by atoms with E-state index in [0.29, 0.717) is 25.3 Å². The molecule has 0 bridgehead atoms. The Balaban J connectivity index is 1.40. The Hall–Kier alpha value is -2.53. The molecule has 0 unspecified atom stereocenters. The van der Waals surface area contributed by atoms with Gasteiger partial charge >= 0.3 is 0 Å². The fourth-order valence-electron chi connectivity index (χ4n) is 3.96. The molecule has 2 aromatic rings. The van der Waals surface area contributed by atoms with Crippen LogP contribution in [0.25, 0.3) is 0 Å². The number of rotatable bonds is 11. The first kappa shape index (κ1) is 23.1. The number of hydrogen-bond donors (Lipinski definition) is 1. The van der Waals surface area contributed by atoms with Crippen molar-refractivity contribution in [3.63, 3.8) is 0 Å². The molecule has 1 aliphatic heterocycles. The highest BCUT2D eigenvalue weighted by Gasteiger charge is 2.13. The molecule has 1 saturated heterocycles. The van der Waals surface area contributed by atoms with E-state index in [2.05, 4.69) is 42.3 Å². The molecule has 5 heteroatoms. The van der Waals surface area contributed by atoms with Crippen LogP contribution in [-0.4, -0.2) is 50.7 Å². The molecular weight excluding hydrogens is 388 g/mol. The van der Waals surface area contributed by atoms with E-state index in [1.54, 1.807) is 7.11 Å². The van der Waals surface area contributed by atoms with Gasteiger partial charge in [0.2, 0.25) is 5.91 Å². The number of aryl methyl sites for hydroxylation is 3. The molecule has 3 rings (SSSR count). The molecule has 1 heterocycles. The quantitative estimate of drug-likeness (QED) is 0.552. The Bertz CT molecular complexity index is 860. The van der Waals surface area contributed by atoms with Gasteiger partial charge in [-0.15, -0.1) is 0 Å². The van der Waals surface area contributed by atoms with Crippen LogP contribution in [0.1, 0.15) is 41.5 Å². The third-order valence-electron chi connectivity index (χ3n) is 5.99. The van der Waals surface area contributed by atoms with Crippen molar-refractivity contribution in [3.8, 4) is 11.5 Å². The van der Waals surface area contributed by atoms with Crippen LogP contribution in [0.15, 0.2) is 36.4 Å². The zero-order valence-electron chi connectivity index (χ0n) is 19.2. The molecule has 5 nitrogen and oxygen atoms in total. The summed E-state index contributed by atoms with van der Waals surface area (Å²) in [5.74, 6) is 1.45. The molecule has 0 radical (unpaired) electrons. The van der Waals surface area contributed by atoms with Crippen molar-refractivity contribution in [3.05, 3.63) is 58.7 Å². The van der Waals surface area contributed by atoms with E-state index in [1.165, 1.54) is 42.6 Å². The monoisotopic (exact) mass is 424 g/mol. The standard InChI is InChI=1S/C26H36N2O3/c1-20-8-9-22(17-21(20)2)7-6-12-27-26(29)19-23-10-11-24(25(18-23)30-3)31-16-15-28-13-4-5-14-28/h8-11,17-18H,4-7,12-16,19H2,1-3H3,(H,27,29). The van der Waals surface area contributed by atoms with Crippen LogP contribution in [0.5, 0.6) is 11.5 Å². The summed E-state index contributed by atoms with van der Waals surface area (Å²) in [7, 11) is 1.64. The fraction of sp³-hybridized carbons (Fsp3) is 0.500. The van der Waals surface area contributed by atoms with Crippen LogP contribution in [-0.2, 0) is 17.6 Å². The number of nitrogens with zero attached hydrogens (tertiary/aromatic N) is 1. The first-order valence-electron chi connectivity index (χ1n) is 11.4. The van der Waals surface area contributed by atoms with Crippen LogP contribution < -0.4 is 14.8 Å². The van der Waals surface area contributed by atoms with E-state index in [1.807, 2.05) is 18.2 Å². The van der Waals surface area contributed by atoms with Crippen molar-refractivity contribution >= 4 is 5.91 Å². The van der Waals surface area contributed by atoms with Gasteiger partial charge in [0.25, 0.3) is 0 Å². The second-order valence-corrected chi connectivity index (χ2v) is 8.43. The van der Waals surface area contributed by atoms with E-state index in [9.17, 15) is 4.79 Å². The molecule has 168 valence electrons. The van der Waals surface area contributed by atoms with Gasteiger partial charge in [-0.1, -0.05) is 24.3 Å². The van der Waals surface area contributed by atoms with Crippen LogP contribution in [0.2, 0.25) is 0 Å². The summed E-state index contributed by atoms with van der Waals surface area (Å²) in [6.07, 6.45) is 4.81. The lowest BCUT2D eigenvalue weighted by Crippen LogP contribution is -2.26. The molecular formula is C26H36N2O3. The Morgan fingerprint density at radius 2 is 1.77 bits per heavy atom. The Morgan fingerprint density at radius 3 is 2.52 bits per heavy atom. The number of carbonyl (C=O) groups is 1. The van der Waals surface area contributed by atoms with Crippen LogP contribution >= 0.6 is 0 Å². The Morgan fingerprint density at radius 1 is 1.00 bits per heavy atom. The number of benzene rings is 2. The number of ether oxygens (including phenoxy) is 2. The Kier molecular flexibility index (Phi) is 8.77. The van der Waals surface area contributed by atoms with Gasteiger partial charge in [0, 0.05) is 13.1 Å². The number of nitrogens with one attached hydrogen (secondary N) is 1. The minimum atomic E-state index is 0.0323. The van der Waals surface area contributed by atoms with Crippen molar-refractivity contribution in [1.29, 1.82) is 0 Å². The summed E-state index contributed by atoms with van der Waals surface area (Å²) >= 11 is 0. The van der Waals surface area contributed by atoms with Crippen molar-refractivity contribution in [2.24, 2.45) is 0 Å². The van der Waals surface area contributed by atoms with Gasteiger partial charge in [-0.2, -0.15) is 0 Å². The highest BCUT2D eigenvalue weighted by atomic mass is 16.5. The van der Waals surface area contributed by atoms with Gasteiger partial charge in [0.05, 0.1) is 13.5 Å². The maximum absolute atomic E-state index is 12.3. The van der Waals surface area contributed by atoms with Crippen LogP contribution in [0.4, 0.5) is 0 Å². The van der Waals surface area contributed by atoms with E-state index in [0.717, 1.165) is 30.7 Å². The predicted octanol–water partition coefficient (Wildman–Crippen LogP) is 4.08. The fourth-order valence-corrected chi connectivity index (χ4v) is 3.96. The summed E-state index contributed by atoms with van der Waals surface area (Å²) in [5.41, 5.74) is 4.88. The van der Waals surface area contributed by atoms with E-state index >= 15 is 0 Å². The van der Waals surface area contributed by atoms with Crippen LogP contribution in [0.3, 0.4) is 0 Å². The van der Waals surface area contributed by atoms with Gasteiger partial charge in [-0.25, -0.2) is 0 Å². The summed E-state index contributed by atoms with van der Waals surface area (Å²) in [6.45, 7) is 8.87. The molecule has 2 aromatic carbocycles. The van der Waals surface area contributed by atoms with Crippen molar-refractivity contribution < 1.29 is 14.3 Å². The lowest BCUT2D eigenvalue weighted by molar-refractivity contribution is -0.120. The van der Waals surface area contributed by atoms with Crippen molar-refractivity contribution in [2.75, 3.05) is 39.9 Å². The number of hydrogen-bond acceptors (Lipinski definition) is 4. The molecule has 1 aliphatic rings. The normalized spacial score (nSPS) is 13.9. The topological polar surface area (TPSA) is 50.8 Å². The average molecular weight is 425 g/mol. The predicted molar refractivity (Wildman–Crippen MR) is 125 cm³/mol. The number of methoxy groups -OCH3 is 1. The third-order valence-corrected chi connectivity index (χ3v) is 5.99. The molecule has 0 saturated carbocycles. The number of likely N-dealkylation sites (tertiary alicyclic amines) is 1. The second kappa shape index (κ2) is 11.8. The molecule has 31 heavy (non-hydrogen) atoms. The molecule has 0 aromatic heterocycles. The Labute approximate surface area is 186 Å².